The zero-order chi connectivity index (χ0) is 31.9. The van der Waals surface area contributed by atoms with Crippen LogP contribution in [0.3, 0.4) is 0 Å². The number of hydrogen-bond acceptors (Lipinski definition) is 6. The van der Waals surface area contributed by atoms with Gasteiger partial charge in [0.25, 0.3) is 0 Å². The molecule has 5 aromatic carbocycles. The lowest BCUT2D eigenvalue weighted by molar-refractivity contribution is 1.27. The number of hydrogen-bond donors (Lipinski definition) is 0. The molecule has 48 heavy (non-hydrogen) atoms. The standard InChI is InChI=1S/C42H26N4S2/c1-5-15-27(16-6-1)35-36(28-17-7-2-8-18-28)44-40-34(32-24-14-26-48-32)42-41(33(39(40)43-35)31-23-13-25-47-31)45-37(29-19-9-3-10-20-29)38(46-42)30-21-11-4-12-22-30/h1-26H. The first kappa shape index (κ1) is 28.4. The van der Waals surface area contributed by atoms with Crippen molar-refractivity contribution in [3.8, 4) is 65.9 Å². The van der Waals surface area contributed by atoms with E-state index in [1.807, 2.05) is 24.3 Å². The summed E-state index contributed by atoms with van der Waals surface area (Å²) >= 11 is 3.36. The predicted octanol–water partition coefficient (Wildman–Crippen LogP) is 11.7. The van der Waals surface area contributed by atoms with Crippen molar-refractivity contribution >= 4 is 44.7 Å². The second-order valence-electron chi connectivity index (χ2n) is 11.4. The van der Waals surface area contributed by atoms with E-state index in [2.05, 4.69) is 132 Å². The van der Waals surface area contributed by atoms with Crippen LogP contribution < -0.4 is 0 Å². The maximum Gasteiger partial charge on any atom is 0.101 e. The highest BCUT2D eigenvalue weighted by Crippen LogP contribution is 2.46. The summed E-state index contributed by atoms with van der Waals surface area (Å²) in [6.45, 7) is 0. The molecule has 0 bridgehead atoms. The van der Waals surface area contributed by atoms with Crippen LogP contribution in [0.25, 0.3) is 88.0 Å². The van der Waals surface area contributed by atoms with Gasteiger partial charge in [0, 0.05) is 43.1 Å². The minimum atomic E-state index is 0.813. The summed E-state index contributed by atoms with van der Waals surface area (Å²) < 4.78 is 0. The van der Waals surface area contributed by atoms with Crippen molar-refractivity contribution in [3.05, 3.63) is 156 Å². The van der Waals surface area contributed by atoms with Crippen LogP contribution in [0.5, 0.6) is 0 Å². The highest BCUT2D eigenvalue weighted by Gasteiger charge is 2.27. The molecule has 4 aromatic heterocycles. The molecule has 0 saturated heterocycles. The van der Waals surface area contributed by atoms with Crippen LogP contribution >= 0.6 is 22.7 Å². The van der Waals surface area contributed by atoms with Crippen molar-refractivity contribution in [2.24, 2.45) is 0 Å². The Labute approximate surface area is 285 Å². The van der Waals surface area contributed by atoms with Gasteiger partial charge < -0.3 is 0 Å². The monoisotopic (exact) mass is 650 g/mol. The summed E-state index contributed by atoms with van der Waals surface area (Å²) in [5.74, 6) is 0. The second kappa shape index (κ2) is 12.1. The topological polar surface area (TPSA) is 51.6 Å². The van der Waals surface area contributed by atoms with E-state index in [9.17, 15) is 0 Å². The lowest BCUT2D eigenvalue weighted by atomic mass is 9.97. The lowest BCUT2D eigenvalue weighted by Crippen LogP contribution is -2.03. The Hall–Kier alpha value is -5.82. The summed E-state index contributed by atoms with van der Waals surface area (Å²) in [7, 11) is 0. The molecule has 0 saturated carbocycles. The number of fused-ring (bicyclic) bond motifs is 2. The van der Waals surface area contributed by atoms with Crippen molar-refractivity contribution in [2.45, 2.75) is 0 Å². The quantitative estimate of drug-likeness (QED) is 0.168. The van der Waals surface area contributed by atoms with Crippen LogP contribution in [0.4, 0.5) is 0 Å². The van der Waals surface area contributed by atoms with E-state index >= 15 is 0 Å². The average Bonchev–Trinajstić information content (AvgIpc) is 3.90. The number of thiophene rings is 2. The van der Waals surface area contributed by atoms with Gasteiger partial charge in [-0.1, -0.05) is 133 Å². The van der Waals surface area contributed by atoms with E-state index in [4.69, 9.17) is 19.9 Å². The fraction of sp³-hybridized carbons (Fsp3) is 0. The van der Waals surface area contributed by atoms with Gasteiger partial charge in [0.05, 0.1) is 22.8 Å². The van der Waals surface area contributed by atoms with Gasteiger partial charge in [0.2, 0.25) is 0 Å². The Morgan fingerprint density at radius 2 is 0.562 bits per heavy atom. The first-order chi connectivity index (χ1) is 23.8. The van der Waals surface area contributed by atoms with Crippen LogP contribution in [-0.4, -0.2) is 19.9 Å². The minimum Gasteiger partial charge on any atom is -0.243 e. The summed E-state index contributed by atoms with van der Waals surface area (Å²) in [5, 5.41) is 4.21. The molecule has 9 rings (SSSR count). The van der Waals surface area contributed by atoms with Gasteiger partial charge in [-0.15, -0.1) is 22.7 Å². The maximum atomic E-state index is 5.56. The maximum absolute atomic E-state index is 5.56. The number of aromatic nitrogens is 4. The molecular formula is C42H26N4S2. The molecule has 4 nitrogen and oxygen atoms in total. The Bertz CT molecular complexity index is 2190. The fourth-order valence-corrected chi connectivity index (χ4v) is 7.83. The molecule has 0 aliphatic heterocycles. The van der Waals surface area contributed by atoms with Gasteiger partial charge in [0.1, 0.15) is 22.1 Å². The first-order valence-electron chi connectivity index (χ1n) is 15.7. The molecule has 0 aliphatic rings. The molecule has 6 heteroatoms. The van der Waals surface area contributed by atoms with Gasteiger partial charge in [0.15, 0.2) is 0 Å². The molecule has 0 spiro atoms. The van der Waals surface area contributed by atoms with Crippen molar-refractivity contribution in [1.82, 2.24) is 19.9 Å². The van der Waals surface area contributed by atoms with Gasteiger partial charge in [-0.3, -0.25) is 0 Å². The molecule has 9 aromatic rings. The molecule has 0 amide bonds. The summed E-state index contributed by atoms with van der Waals surface area (Å²) in [4.78, 5) is 24.4. The molecule has 4 heterocycles. The molecule has 0 N–H and O–H groups in total. The highest BCUT2D eigenvalue weighted by molar-refractivity contribution is 7.14. The van der Waals surface area contributed by atoms with Crippen molar-refractivity contribution in [3.63, 3.8) is 0 Å². The fourth-order valence-electron chi connectivity index (χ4n) is 6.29. The van der Waals surface area contributed by atoms with Crippen molar-refractivity contribution in [1.29, 1.82) is 0 Å². The average molecular weight is 651 g/mol. The van der Waals surface area contributed by atoms with Gasteiger partial charge in [-0.25, -0.2) is 19.9 Å². The molecular weight excluding hydrogens is 625 g/mol. The van der Waals surface area contributed by atoms with Gasteiger partial charge in [-0.2, -0.15) is 0 Å². The lowest BCUT2D eigenvalue weighted by Gasteiger charge is -2.19. The Balaban J connectivity index is 1.51. The van der Waals surface area contributed by atoms with Crippen LogP contribution in [0, 0.1) is 0 Å². The smallest absolute Gasteiger partial charge is 0.101 e. The van der Waals surface area contributed by atoms with E-state index in [-0.39, 0.29) is 0 Å². The SMILES string of the molecule is c1ccc(-c2nc3c(-c4cccs4)c4nc(-c5ccccc5)c(-c5ccccc5)nc4c(-c4cccs4)c3nc2-c2ccccc2)cc1. The zero-order valence-electron chi connectivity index (χ0n) is 25.6. The van der Waals surface area contributed by atoms with E-state index in [0.29, 0.717) is 0 Å². The second-order valence-corrected chi connectivity index (χ2v) is 13.3. The molecule has 0 unspecified atom stereocenters. The number of benzene rings is 5. The van der Waals surface area contributed by atoms with Crippen molar-refractivity contribution in [2.75, 3.05) is 0 Å². The number of rotatable bonds is 6. The minimum absolute atomic E-state index is 0.813. The van der Waals surface area contributed by atoms with E-state index in [1.54, 1.807) is 22.7 Å². The normalized spacial score (nSPS) is 11.3. The zero-order valence-corrected chi connectivity index (χ0v) is 27.2. The number of nitrogens with zero attached hydrogens (tertiary/aromatic N) is 4. The Morgan fingerprint density at radius 3 is 0.792 bits per heavy atom. The van der Waals surface area contributed by atoms with E-state index in [1.165, 1.54) is 0 Å². The molecule has 0 fully saturated rings. The van der Waals surface area contributed by atoms with Crippen molar-refractivity contribution < 1.29 is 0 Å². The Morgan fingerprint density at radius 1 is 0.292 bits per heavy atom. The third-order valence-corrected chi connectivity index (χ3v) is 10.2. The molecule has 0 aliphatic carbocycles. The summed E-state index contributed by atoms with van der Waals surface area (Å²) in [6, 6.07) is 49.8. The third-order valence-electron chi connectivity index (χ3n) is 8.46. The Kier molecular flexibility index (Phi) is 7.15. The molecule has 226 valence electrons. The highest BCUT2D eigenvalue weighted by atomic mass is 32.1. The van der Waals surface area contributed by atoms with Crippen LogP contribution in [-0.2, 0) is 0 Å². The molecule has 0 atom stereocenters. The van der Waals surface area contributed by atoms with Crippen LogP contribution in [0.15, 0.2) is 156 Å². The van der Waals surface area contributed by atoms with Crippen LogP contribution in [0.2, 0.25) is 0 Å². The summed E-state index contributed by atoms with van der Waals surface area (Å²) in [5.41, 5.74) is 12.5. The third kappa shape index (κ3) is 4.90. The van der Waals surface area contributed by atoms with E-state index < -0.39 is 0 Å². The van der Waals surface area contributed by atoms with E-state index in [0.717, 1.165) is 88.0 Å². The largest absolute Gasteiger partial charge is 0.243 e. The molecule has 0 radical (unpaired) electrons. The summed E-state index contributed by atoms with van der Waals surface area (Å²) in [6.07, 6.45) is 0. The first-order valence-corrected chi connectivity index (χ1v) is 17.5. The van der Waals surface area contributed by atoms with Gasteiger partial charge in [-0.05, 0) is 22.9 Å². The van der Waals surface area contributed by atoms with Crippen LogP contribution in [0.1, 0.15) is 0 Å². The van der Waals surface area contributed by atoms with Gasteiger partial charge >= 0.3 is 0 Å². The predicted molar refractivity (Wildman–Crippen MR) is 201 cm³/mol.